The van der Waals surface area contributed by atoms with Crippen LogP contribution in [0.3, 0.4) is 0 Å². The second kappa shape index (κ2) is 7.47. The van der Waals surface area contributed by atoms with Crippen molar-refractivity contribution in [3.05, 3.63) is 48.6 Å². The molecule has 1 aliphatic heterocycles. The maximum absolute atomic E-state index is 12.2. The molecule has 0 N–H and O–H groups in total. The topological polar surface area (TPSA) is 49.9 Å². The zero-order chi connectivity index (χ0) is 15.1. The average molecular weight is 288 g/mol. The predicted octanol–water partition coefficient (Wildman–Crippen LogP) is 1.70. The van der Waals surface area contributed by atoms with Gasteiger partial charge in [-0.25, -0.2) is 4.79 Å². The number of amides is 2. The molecule has 0 bridgehead atoms. The third-order valence-electron chi connectivity index (χ3n) is 3.41. The summed E-state index contributed by atoms with van der Waals surface area (Å²) < 4.78 is 4.99. The number of hydrogen-bond donors (Lipinski definition) is 0. The smallest absolute Gasteiger partial charge is 0.410 e. The first kappa shape index (κ1) is 15.1. The Morgan fingerprint density at radius 3 is 2.33 bits per heavy atom. The molecule has 1 aliphatic rings. The quantitative estimate of drug-likeness (QED) is 0.792. The molecule has 5 heteroatoms. The number of ether oxygens (including phenoxy) is 1. The van der Waals surface area contributed by atoms with E-state index in [-0.39, 0.29) is 18.6 Å². The molecular formula is C16H20N2O3. The summed E-state index contributed by atoms with van der Waals surface area (Å²) in [5, 5.41) is 0. The van der Waals surface area contributed by atoms with Gasteiger partial charge in [0.2, 0.25) is 5.91 Å². The molecule has 0 saturated carbocycles. The van der Waals surface area contributed by atoms with Crippen molar-refractivity contribution < 1.29 is 14.3 Å². The molecule has 0 spiro atoms. The molecule has 21 heavy (non-hydrogen) atoms. The van der Waals surface area contributed by atoms with Crippen molar-refractivity contribution >= 4 is 12.0 Å². The van der Waals surface area contributed by atoms with Gasteiger partial charge in [0.15, 0.2) is 0 Å². The van der Waals surface area contributed by atoms with Crippen LogP contribution in [0.2, 0.25) is 0 Å². The molecule has 2 amide bonds. The largest absolute Gasteiger partial charge is 0.445 e. The van der Waals surface area contributed by atoms with Gasteiger partial charge in [0.05, 0.1) is 6.42 Å². The second-order valence-corrected chi connectivity index (χ2v) is 4.90. The summed E-state index contributed by atoms with van der Waals surface area (Å²) >= 11 is 0. The molecule has 0 unspecified atom stereocenters. The summed E-state index contributed by atoms with van der Waals surface area (Å²) in [6, 6.07) is 9.68. The van der Waals surface area contributed by atoms with Crippen LogP contribution in [0.5, 0.6) is 0 Å². The van der Waals surface area contributed by atoms with E-state index < -0.39 is 0 Å². The molecule has 0 atom stereocenters. The number of hydrogen-bond acceptors (Lipinski definition) is 3. The molecule has 0 radical (unpaired) electrons. The number of piperazine rings is 1. The van der Waals surface area contributed by atoms with Crippen LogP contribution in [-0.4, -0.2) is 54.6 Å². The Kier molecular flexibility index (Phi) is 5.37. The fourth-order valence-electron chi connectivity index (χ4n) is 2.24. The van der Waals surface area contributed by atoms with Gasteiger partial charge in [-0.3, -0.25) is 4.79 Å². The predicted molar refractivity (Wildman–Crippen MR) is 79.8 cm³/mol. The molecule has 1 heterocycles. The lowest BCUT2D eigenvalue weighted by Crippen LogP contribution is -2.51. The first-order valence-electron chi connectivity index (χ1n) is 7.05. The van der Waals surface area contributed by atoms with E-state index in [1.54, 1.807) is 9.80 Å². The molecule has 0 aromatic heterocycles. The van der Waals surface area contributed by atoms with Gasteiger partial charge in [0.1, 0.15) is 6.61 Å². The summed E-state index contributed by atoms with van der Waals surface area (Å²) in [4.78, 5) is 27.3. The molecule has 1 saturated heterocycles. The Morgan fingerprint density at radius 1 is 1.10 bits per heavy atom. The zero-order valence-corrected chi connectivity index (χ0v) is 12.0. The van der Waals surface area contributed by atoms with Crippen LogP contribution in [0.25, 0.3) is 0 Å². The van der Waals surface area contributed by atoms with E-state index in [1.165, 1.54) is 6.08 Å². The van der Waals surface area contributed by atoms with E-state index in [9.17, 15) is 9.59 Å². The van der Waals surface area contributed by atoms with Crippen LogP contribution in [0, 0.1) is 0 Å². The molecule has 112 valence electrons. The summed E-state index contributed by atoms with van der Waals surface area (Å²) in [6.07, 6.45) is 1.60. The van der Waals surface area contributed by atoms with Crippen LogP contribution >= 0.6 is 0 Å². The molecule has 1 aromatic carbocycles. The number of carbonyl (C=O) groups is 2. The molecule has 1 aromatic rings. The monoisotopic (exact) mass is 288 g/mol. The number of nitrogens with zero attached hydrogens (tertiary/aromatic N) is 2. The number of carbonyl (C=O) groups excluding carboxylic acids is 2. The maximum atomic E-state index is 12.2. The lowest BCUT2D eigenvalue weighted by molar-refractivity contribution is -0.132. The van der Waals surface area contributed by atoms with E-state index in [0.29, 0.717) is 32.6 Å². The van der Waals surface area contributed by atoms with Gasteiger partial charge in [-0.1, -0.05) is 43.0 Å². The van der Waals surface area contributed by atoms with Gasteiger partial charge in [-0.2, -0.15) is 0 Å². The maximum Gasteiger partial charge on any atom is 0.410 e. The van der Waals surface area contributed by atoms with Gasteiger partial charge >= 0.3 is 6.09 Å². The molecular weight excluding hydrogens is 268 g/mol. The van der Waals surface area contributed by atoms with Gasteiger partial charge in [-0.15, -0.1) is 0 Å². The van der Waals surface area contributed by atoms with E-state index in [0.717, 1.165) is 5.56 Å². The van der Waals surface area contributed by atoms with Crippen molar-refractivity contribution in [2.75, 3.05) is 32.8 Å². The average Bonchev–Trinajstić information content (AvgIpc) is 2.53. The van der Waals surface area contributed by atoms with Crippen LogP contribution in [0.1, 0.15) is 5.56 Å². The van der Waals surface area contributed by atoms with Crippen molar-refractivity contribution in [2.45, 2.75) is 6.42 Å². The Labute approximate surface area is 124 Å². The molecule has 0 aliphatic carbocycles. The van der Waals surface area contributed by atoms with E-state index in [4.69, 9.17) is 4.74 Å². The SMILES string of the molecule is C=CCOC(=O)N1CCN(C(=O)Cc2ccccc2)CC1. The van der Waals surface area contributed by atoms with Crippen molar-refractivity contribution in [1.82, 2.24) is 9.80 Å². The second-order valence-electron chi connectivity index (χ2n) is 4.90. The number of benzene rings is 1. The normalized spacial score (nSPS) is 14.7. The fourth-order valence-corrected chi connectivity index (χ4v) is 2.24. The van der Waals surface area contributed by atoms with Crippen molar-refractivity contribution in [1.29, 1.82) is 0 Å². The van der Waals surface area contributed by atoms with Gasteiger partial charge in [0, 0.05) is 26.2 Å². The summed E-state index contributed by atoms with van der Waals surface area (Å²) in [7, 11) is 0. The highest BCUT2D eigenvalue weighted by Gasteiger charge is 2.24. The minimum absolute atomic E-state index is 0.0975. The number of rotatable bonds is 4. The van der Waals surface area contributed by atoms with Crippen LogP contribution < -0.4 is 0 Å². The first-order valence-corrected chi connectivity index (χ1v) is 7.05. The standard InChI is InChI=1S/C16H20N2O3/c1-2-12-21-16(20)18-10-8-17(9-11-18)15(19)13-14-6-4-3-5-7-14/h2-7H,1,8-13H2. The lowest BCUT2D eigenvalue weighted by Gasteiger charge is -2.34. The summed E-state index contributed by atoms with van der Waals surface area (Å²) in [6.45, 7) is 5.84. The summed E-state index contributed by atoms with van der Waals surface area (Å²) in [5.74, 6) is 0.0975. The first-order chi connectivity index (χ1) is 10.2. The molecule has 1 fully saturated rings. The van der Waals surface area contributed by atoms with Gasteiger partial charge < -0.3 is 14.5 Å². The third-order valence-corrected chi connectivity index (χ3v) is 3.41. The Hall–Kier alpha value is -2.30. The highest BCUT2D eigenvalue weighted by molar-refractivity contribution is 5.79. The fraction of sp³-hybridized carbons (Fsp3) is 0.375. The highest BCUT2D eigenvalue weighted by Crippen LogP contribution is 2.08. The minimum atomic E-state index is -0.343. The van der Waals surface area contributed by atoms with Crippen molar-refractivity contribution in [2.24, 2.45) is 0 Å². The Morgan fingerprint density at radius 2 is 1.71 bits per heavy atom. The lowest BCUT2D eigenvalue weighted by atomic mass is 10.1. The van der Waals surface area contributed by atoms with Crippen molar-refractivity contribution in [3.63, 3.8) is 0 Å². The van der Waals surface area contributed by atoms with Crippen LogP contribution in [0.4, 0.5) is 4.79 Å². The van der Waals surface area contributed by atoms with Crippen LogP contribution in [0.15, 0.2) is 43.0 Å². The molecule has 5 nitrogen and oxygen atoms in total. The highest BCUT2D eigenvalue weighted by atomic mass is 16.6. The van der Waals surface area contributed by atoms with Gasteiger partial charge in [-0.05, 0) is 5.56 Å². The Bertz CT molecular complexity index is 494. The van der Waals surface area contributed by atoms with Crippen LogP contribution in [-0.2, 0) is 16.0 Å². The minimum Gasteiger partial charge on any atom is -0.445 e. The van der Waals surface area contributed by atoms with E-state index in [1.807, 2.05) is 30.3 Å². The molecule has 2 rings (SSSR count). The zero-order valence-electron chi connectivity index (χ0n) is 12.0. The Balaban J connectivity index is 1.79. The van der Waals surface area contributed by atoms with E-state index in [2.05, 4.69) is 6.58 Å². The van der Waals surface area contributed by atoms with Crippen molar-refractivity contribution in [3.8, 4) is 0 Å². The van der Waals surface area contributed by atoms with Gasteiger partial charge in [0.25, 0.3) is 0 Å². The van der Waals surface area contributed by atoms with E-state index >= 15 is 0 Å². The third kappa shape index (κ3) is 4.34. The summed E-state index contributed by atoms with van der Waals surface area (Å²) in [5.41, 5.74) is 1.01.